The Morgan fingerprint density at radius 3 is 2.61 bits per heavy atom. The minimum absolute atomic E-state index is 0.790. The fraction of sp³-hybridized carbons (Fsp3) is 0.200. The van der Waals surface area contributed by atoms with E-state index in [1.807, 2.05) is 17.4 Å². The van der Waals surface area contributed by atoms with Crippen LogP contribution >= 0.6 is 0 Å². The second kappa shape index (κ2) is 4.26. The van der Waals surface area contributed by atoms with Crippen molar-refractivity contribution in [3.63, 3.8) is 0 Å². The van der Waals surface area contributed by atoms with Crippen molar-refractivity contribution in [2.75, 3.05) is 0 Å². The van der Waals surface area contributed by atoms with E-state index in [0.29, 0.717) is 0 Å². The highest BCUT2D eigenvalue weighted by atomic mass is 15.1. The molecule has 0 unspecified atom stereocenters. The zero-order valence-corrected chi connectivity index (χ0v) is 10.6. The summed E-state index contributed by atoms with van der Waals surface area (Å²) in [7, 11) is 0. The van der Waals surface area contributed by atoms with Crippen LogP contribution in [-0.4, -0.2) is 14.4 Å². The summed E-state index contributed by atoms with van der Waals surface area (Å²) < 4.78 is 2.05. The van der Waals surface area contributed by atoms with Gasteiger partial charge in [-0.05, 0) is 25.5 Å². The highest BCUT2D eigenvalue weighted by molar-refractivity contribution is 5.36. The first-order valence-electron chi connectivity index (χ1n) is 6.08. The number of nitrogens with zero attached hydrogens (tertiary/aromatic N) is 3. The maximum Gasteiger partial charge on any atom is 0.234 e. The predicted octanol–water partition coefficient (Wildman–Crippen LogP) is 2.94. The lowest BCUT2D eigenvalue weighted by molar-refractivity contribution is 1.01. The molecular formula is C15H15N3. The van der Waals surface area contributed by atoms with Crippen LogP contribution in [0.5, 0.6) is 0 Å². The van der Waals surface area contributed by atoms with E-state index < -0.39 is 0 Å². The largest absolute Gasteiger partial charge is 0.288 e. The van der Waals surface area contributed by atoms with Crippen LogP contribution in [0.15, 0.2) is 42.6 Å². The van der Waals surface area contributed by atoms with Crippen LogP contribution in [0.3, 0.4) is 0 Å². The van der Waals surface area contributed by atoms with Gasteiger partial charge >= 0.3 is 0 Å². The van der Waals surface area contributed by atoms with Crippen LogP contribution in [-0.2, 0) is 6.42 Å². The summed E-state index contributed by atoms with van der Waals surface area (Å²) in [6, 6.07) is 12.5. The molecular weight excluding hydrogens is 222 g/mol. The Balaban J connectivity index is 2.01. The van der Waals surface area contributed by atoms with Gasteiger partial charge in [-0.15, -0.1) is 0 Å². The molecule has 0 atom stereocenters. The summed E-state index contributed by atoms with van der Waals surface area (Å²) >= 11 is 0. The molecule has 0 saturated heterocycles. The number of fused-ring (bicyclic) bond motifs is 1. The quantitative estimate of drug-likeness (QED) is 0.686. The van der Waals surface area contributed by atoms with Crippen LogP contribution in [0.2, 0.25) is 0 Å². The molecule has 3 heteroatoms. The molecule has 0 radical (unpaired) electrons. The molecule has 0 fully saturated rings. The van der Waals surface area contributed by atoms with Gasteiger partial charge in [0.25, 0.3) is 0 Å². The van der Waals surface area contributed by atoms with E-state index in [2.05, 4.69) is 53.4 Å². The average Bonchev–Trinajstić information content (AvgIpc) is 2.73. The van der Waals surface area contributed by atoms with Crippen molar-refractivity contribution < 1.29 is 0 Å². The Hall–Kier alpha value is -2.16. The second-order valence-corrected chi connectivity index (χ2v) is 4.60. The van der Waals surface area contributed by atoms with E-state index in [1.165, 1.54) is 11.3 Å². The van der Waals surface area contributed by atoms with Gasteiger partial charge in [-0.1, -0.05) is 30.3 Å². The van der Waals surface area contributed by atoms with Crippen LogP contribution in [0, 0.1) is 13.8 Å². The highest BCUT2D eigenvalue weighted by Crippen LogP contribution is 2.12. The molecule has 3 nitrogen and oxygen atoms in total. The second-order valence-electron chi connectivity index (χ2n) is 4.60. The normalized spacial score (nSPS) is 11.0. The molecule has 2 aromatic heterocycles. The fourth-order valence-electron chi connectivity index (χ4n) is 2.21. The monoisotopic (exact) mass is 237 g/mol. The summed E-state index contributed by atoms with van der Waals surface area (Å²) in [6.45, 7) is 4.08. The molecule has 0 aliphatic carbocycles. The van der Waals surface area contributed by atoms with Gasteiger partial charge in [0, 0.05) is 24.0 Å². The summed E-state index contributed by atoms with van der Waals surface area (Å²) in [5.74, 6) is 0.790. The van der Waals surface area contributed by atoms with Crippen molar-refractivity contribution in [2.24, 2.45) is 0 Å². The molecule has 3 rings (SSSR count). The third kappa shape index (κ3) is 1.99. The maximum atomic E-state index is 4.58. The molecule has 1 aromatic carbocycles. The van der Waals surface area contributed by atoms with E-state index in [9.17, 15) is 0 Å². The van der Waals surface area contributed by atoms with Crippen LogP contribution in [0.1, 0.15) is 22.6 Å². The van der Waals surface area contributed by atoms with Crippen molar-refractivity contribution in [3.05, 3.63) is 65.2 Å². The molecule has 3 aromatic rings. The van der Waals surface area contributed by atoms with Crippen molar-refractivity contribution in [3.8, 4) is 0 Å². The smallest absolute Gasteiger partial charge is 0.234 e. The van der Waals surface area contributed by atoms with Crippen LogP contribution < -0.4 is 0 Å². The number of hydrogen-bond acceptors (Lipinski definition) is 2. The first kappa shape index (κ1) is 11.0. The molecule has 0 amide bonds. The Bertz CT molecular complexity index is 684. The Labute approximate surface area is 106 Å². The van der Waals surface area contributed by atoms with Gasteiger partial charge in [-0.25, -0.2) is 9.97 Å². The number of imidazole rings is 1. The van der Waals surface area contributed by atoms with E-state index in [0.717, 1.165) is 23.6 Å². The molecule has 90 valence electrons. The van der Waals surface area contributed by atoms with E-state index >= 15 is 0 Å². The molecule has 2 heterocycles. The fourth-order valence-corrected chi connectivity index (χ4v) is 2.21. The third-order valence-electron chi connectivity index (χ3n) is 3.04. The molecule has 0 spiro atoms. The Morgan fingerprint density at radius 2 is 1.83 bits per heavy atom. The zero-order valence-electron chi connectivity index (χ0n) is 10.6. The molecule has 0 bridgehead atoms. The lowest BCUT2D eigenvalue weighted by atomic mass is 10.1. The number of rotatable bonds is 2. The number of aromatic nitrogens is 3. The number of benzene rings is 1. The third-order valence-corrected chi connectivity index (χ3v) is 3.04. The predicted molar refractivity (Wildman–Crippen MR) is 71.7 cm³/mol. The Morgan fingerprint density at radius 1 is 1.06 bits per heavy atom. The van der Waals surface area contributed by atoms with Gasteiger partial charge in [-0.2, -0.15) is 0 Å². The minimum atomic E-state index is 0.790. The lowest BCUT2D eigenvalue weighted by Gasteiger charge is -1.99. The molecule has 0 N–H and O–H groups in total. The Kier molecular flexibility index (Phi) is 2.59. The van der Waals surface area contributed by atoms with Crippen molar-refractivity contribution in [2.45, 2.75) is 20.3 Å². The van der Waals surface area contributed by atoms with Crippen LogP contribution in [0.4, 0.5) is 0 Å². The summed E-state index contributed by atoms with van der Waals surface area (Å²) in [4.78, 5) is 9.03. The zero-order chi connectivity index (χ0) is 12.5. The van der Waals surface area contributed by atoms with E-state index in [4.69, 9.17) is 0 Å². The molecule has 0 saturated carbocycles. The summed E-state index contributed by atoms with van der Waals surface area (Å²) in [6.07, 6.45) is 2.92. The highest BCUT2D eigenvalue weighted by Gasteiger charge is 2.06. The van der Waals surface area contributed by atoms with Crippen molar-refractivity contribution in [1.29, 1.82) is 0 Å². The molecule has 0 aliphatic heterocycles. The SMILES string of the molecule is Cc1cc(C)n2cc(Cc3ccccc3)nc2n1. The van der Waals surface area contributed by atoms with Crippen molar-refractivity contribution in [1.82, 2.24) is 14.4 Å². The van der Waals surface area contributed by atoms with Gasteiger partial charge in [0.05, 0.1) is 5.69 Å². The maximum absolute atomic E-state index is 4.58. The molecule has 18 heavy (non-hydrogen) atoms. The van der Waals surface area contributed by atoms with Gasteiger partial charge < -0.3 is 0 Å². The van der Waals surface area contributed by atoms with Gasteiger partial charge in [-0.3, -0.25) is 4.40 Å². The van der Waals surface area contributed by atoms with E-state index in [-0.39, 0.29) is 0 Å². The average molecular weight is 237 g/mol. The number of hydrogen-bond donors (Lipinski definition) is 0. The first-order valence-corrected chi connectivity index (χ1v) is 6.08. The number of aryl methyl sites for hydroxylation is 2. The standard InChI is InChI=1S/C15H15N3/c1-11-8-12(2)18-10-14(17-15(18)16-11)9-13-6-4-3-5-7-13/h3-8,10H,9H2,1-2H3. The van der Waals surface area contributed by atoms with Crippen molar-refractivity contribution >= 4 is 5.78 Å². The molecule has 0 aliphatic rings. The lowest BCUT2D eigenvalue weighted by Crippen LogP contribution is -1.94. The summed E-state index contributed by atoms with van der Waals surface area (Å²) in [5, 5.41) is 0. The summed E-state index contributed by atoms with van der Waals surface area (Å²) in [5.41, 5.74) is 4.51. The topological polar surface area (TPSA) is 30.2 Å². The van der Waals surface area contributed by atoms with Gasteiger partial charge in [0.15, 0.2) is 0 Å². The van der Waals surface area contributed by atoms with E-state index in [1.54, 1.807) is 0 Å². The first-order chi connectivity index (χ1) is 8.72. The van der Waals surface area contributed by atoms with Gasteiger partial charge in [0.1, 0.15) is 0 Å². The minimum Gasteiger partial charge on any atom is -0.288 e. The van der Waals surface area contributed by atoms with Gasteiger partial charge in [0.2, 0.25) is 5.78 Å². The van der Waals surface area contributed by atoms with Crippen LogP contribution in [0.25, 0.3) is 5.78 Å².